The minimum atomic E-state index is 0.160. The summed E-state index contributed by atoms with van der Waals surface area (Å²) < 4.78 is 8.09. The number of hydrogen-bond acceptors (Lipinski definition) is 5. The summed E-state index contributed by atoms with van der Waals surface area (Å²) in [5.74, 6) is 0.899. The largest absolute Gasteiger partial charge is 0.378 e. The van der Waals surface area contributed by atoms with E-state index in [1.165, 1.54) is 0 Å². The van der Waals surface area contributed by atoms with Crippen molar-refractivity contribution in [2.45, 2.75) is 52.2 Å². The summed E-state index contributed by atoms with van der Waals surface area (Å²) in [4.78, 5) is 13.6. The van der Waals surface area contributed by atoms with Crippen LogP contribution in [0.25, 0.3) is 11.6 Å². The third-order valence-corrected chi connectivity index (χ3v) is 5.44. The summed E-state index contributed by atoms with van der Waals surface area (Å²) in [7, 11) is 0. The zero-order valence-electron chi connectivity index (χ0n) is 18.5. The first kappa shape index (κ1) is 22.4. The van der Waals surface area contributed by atoms with Gasteiger partial charge in [0.15, 0.2) is 0 Å². The molecule has 1 fully saturated rings. The van der Waals surface area contributed by atoms with Crippen molar-refractivity contribution >= 4 is 11.6 Å². The van der Waals surface area contributed by atoms with Crippen LogP contribution in [0, 0.1) is 11.3 Å². The smallest absolute Gasteiger partial charge is 0.116 e. The van der Waals surface area contributed by atoms with E-state index in [0.717, 1.165) is 46.9 Å². The molecule has 2 aromatic heterocycles. The van der Waals surface area contributed by atoms with Crippen LogP contribution < -0.4 is 0 Å². The van der Waals surface area contributed by atoms with Gasteiger partial charge in [-0.05, 0) is 51.3 Å². The summed E-state index contributed by atoms with van der Waals surface area (Å²) in [5.41, 5.74) is 4.90. The molecule has 160 valence electrons. The summed E-state index contributed by atoms with van der Waals surface area (Å²) in [5, 5.41) is 9.52. The van der Waals surface area contributed by atoms with Crippen molar-refractivity contribution in [1.82, 2.24) is 19.5 Å². The zero-order valence-corrected chi connectivity index (χ0v) is 18.5. The van der Waals surface area contributed by atoms with Gasteiger partial charge in [-0.25, -0.2) is 4.98 Å². The van der Waals surface area contributed by atoms with Gasteiger partial charge in [0.05, 0.1) is 29.3 Å². The Morgan fingerprint density at radius 2 is 2.23 bits per heavy atom. The number of nitriles is 1. The fraction of sp³-hybridized carbons (Fsp3) is 0.360. The first-order chi connectivity index (χ1) is 15.0. The lowest BCUT2D eigenvalue weighted by Gasteiger charge is -2.31. The summed E-state index contributed by atoms with van der Waals surface area (Å²) >= 11 is 0. The molecule has 0 radical (unpaired) electrons. The van der Waals surface area contributed by atoms with Crippen LogP contribution in [0.5, 0.6) is 0 Å². The van der Waals surface area contributed by atoms with Gasteiger partial charge in [-0.15, -0.1) is 0 Å². The number of aromatic nitrogens is 4. The molecule has 6 heteroatoms. The van der Waals surface area contributed by atoms with E-state index in [4.69, 9.17) is 9.72 Å². The lowest BCUT2D eigenvalue weighted by Crippen LogP contribution is -2.27. The minimum Gasteiger partial charge on any atom is -0.378 e. The zero-order chi connectivity index (χ0) is 22.4. The van der Waals surface area contributed by atoms with E-state index < -0.39 is 0 Å². The van der Waals surface area contributed by atoms with E-state index >= 15 is 0 Å². The molecule has 2 atom stereocenters. The van der Waals surface area contributed by atoms with E-state index in [1.54, 1.807) is 30.7 Å². The summed E-state index contributed by atoms with van der Waals surface area (Å²) in [6.07, 6.45) is 13.1. The second kappa shape index (κ2) is 10.1. The van der Waals surface area contributed by atoms with Crippen LogP contribution in [0.3, 0.4) is 0 Å². The number of imidazole rings is 1. The van der Waals surface area contributed by atoms with Crippen molar-refractivity contribution in [3.8, 4) is 6.07 Å². The maximum atomic E-state index is 9.52. The van der Waals surface area contributed by atoms with Crippen LogP contribution in [0.1, 0.15) is 62.6 Å². The molecule has 2 aromatic rings. The predicted molar refractivity (Wildman–Crippen MR) is 123 cm³/mol. The van der Waals surface area contributed by atoms with Gasteiger partial charge in [0.25, 0.3) is 0 Å². The Bertz CT molecular complexity index is 1060. The van der Waals surface area contributed by atoms with E-state index in [1.807, 2.05) is 19.9 Å². The van der Waals surface area contributed by atoms with Crippen molar-refractivity contribution in [1.29, 1.82) is 5.26 Å². The van der Waals surface area contributed by atoms with E-state index in [9.17, 15) is 5.26 Å². The van der Waals surface area contributed by atoms with Gasteiger partial charge in [-0.3, -0.25) is 9.97 Å². The molecule has 3 heterocycles. The molecular weight excluding hydrogens is 386 g/mol. The SMILES string of the molecule is C=Cc1nc(Cc2cnccn2)n(C2CCO[C@H](C)C2)c1/C(=C/C(C#N)=C\C)C(=C)C. The van der Waals surface area contributed by atoms with Crippen LogP contribution >= 0.6 is 0 Å². The van der Waals surface area contributed by atoms with Gasteiger partial charge < -0.3 is 9.30 Å². The van der Waals surface area contributed by atoms with Crippen LogP contribution in [0.4, 0.5) is 0 Å². The van der Waals surface area contributed by atoms with Crippen LogP contribution in [0.15, 0.2) is 55.0 Å². The highest BCUT2D eigenvalue weighted by Crippen LogP contribution is 2.36. The van der Waals surface area contributed by atoms with Crippen molar-refractivity contribution < 1.29 is 4.74 Å². The Morgan fingerprint density at radius 3 is 2.81 bits per heavy atom. The van der Waals surface area contributed by atoms with E-state index in [-0.39, 0.29) is 12.1 Å². The highest BCUT2D eigenvalue weighted by molar-refractivity contribution is 5.83. The molecule has 1 saturated heterocycles. The lowest BCUT2D eigenvalue weighted by atomic mass is 9.97. The summed E-state index contributed by atoms with van der Waals surface area (Å²) in [6.45, 7) is 14.8. The molecule has 0 bridgehead atoms. The standard InChI is InChI=1S/C25H29N5O/c1-6-19(15-26)13-22(17(3)4)25-23(7-2)29-24(14-20-16-27-9-10-28-20)30(25)21-8-11-31-18(5)12-21/h6-7,9-10,13,16,18,21H,2-3,8,11-12,14H2,1,4-5H3/b19-6+,22-13+/t18-,21?/m1/s1. The fourth-order valence-electron chi connectivity index (χ4n) is 3.95. The first-order valence-corrected chi connectivity index (χ1v) is 10.5. The van der Waals surface area contributed by atoms with Crippen LogP contribution in [-0.4, -0.2) is 32.2 Å². The van der Waals surface area contributed by atoms with Crippen LogP contribution in [-0.2, 0) is 11.2 Å². The highest BCUT2D eigenvalue weighted by Gasteiger charge is 2.29. The average Bonchev–Trinajstić information content (AvgIpc) is 3.12. The normalized spacial score (nSPS) is 19.7. The minimum absolute atomic E-state index is 0.160. The van der Waals surface area contributed by atoms with Gasteiger partial charge in [-0.2, -0.15) is 5.26 Å². The average molecular weight is 416 g/mol. The lowest BCUT2D eigenvalue weighted by molar-refractivity contribution is 0.00534. The van der Waals surface area contributed by atoms with E-state index in [2.05, 4.69) is 40.7 Å². The number of hydrogen-bond donors (Lipinski definition) is 0. The van der Waals surface area contributed by atoms with Gasteiger partial charge in [0.2, 0.25) is 0 Å². The maximum absolute atomic E-state index is 9.52. The van der Waals surface area contributed by atoms with Crippen molar-refractivity contribution in [2.24, 2.45) is 0 Å². The number of ether oxygens (including phenoxy) is 1. The number of rotatable bonds is 7. The molecule has 0 aromatic carbocycles. The van der Waals surface area contributed by atoms with Gasteiger partial charge in [0, 0.05) is 48.8 Å². The second-order valence-electron chi connectivity index (χ2n) is 7.76. The fourth-order valence-corrected chi connectivity index (χ4v) is 3.95. The topological polar surface area (TPSA) is 76.6 Å². The predicted octanol–water partition coefficient (Wildman–Crippen LogP) is 5.08. The Balaban J connectivity index is 2.24. The molecule has 0 aliphatic carbocycles. The Labute approximate surface area is 184 Å². The van der Waals surface area contributed by atoms with Crippen LogP contribution in [0.2, 0.25) is 0 Å². The third kappa shape index (κ3) is 5.07. The quantitative estimate of drug-likeness (QED) is 0.466. The molecule has 0 N–H and O–H groups in total. The maximum Gasteiger partial charge on any atom is 0.116 e. The number of nitrogens with zero attached hydrogens (tertiary/aromatic N) is 5. The highest BCUT2D eigenvalue weighted by atomic mass is 16.5. The van der Waals surface area contributed by atoms with Gasteiger partial charge in [0.1, 0.15) is 5.82 Å². The molecule has 0 spiro atoms. The molecule has 3 rings (SSSR count). The molecule has 6 nitrogen and oxygen atoms in total. The molecule has 31 heavy (non-hydrogen) atoms. The first-order valence-electron chi connectivity index (χ1n) is 10.5. The van der Waals surface area contributed by atoms with Crippen molar-refractivity contribution in [3.63, 3.8) is 0 Å². The second-order valence-corrected chi connectivity index (χ2v) is 7.76. The molecule has 0 saturated carbocycles. The number of allylic oxidation sites excluding steroid dienone is 5. The summed E-state index contributed by atoms with van der Waals surface area (Å²) in [6, 6.07) is 2.46. The molecule has 1 unspecified atom stereocenters. The third-order valence-electron chi connectivity index (χ3n) is 5.44. The Morgan fingerprint density at radius 1 is 1.42 bits per heavy atom. The molecule has 1 aliphatic heterocycles. The monoisotopic (exact) mass is 415 g/mol. The Kier molecular flexibility index (Phi) is 7.32. The van der Waals surface area contributed by atoms with Crippen molar-refractivity contribution in [3.05, 3.63) is 78.0 Å². The van der Waals surface area contributed by atoms with Gasteiger partial charge in [-0.1, -0.05) is 19.2 Å². The molecular formula is C25H29N5O. The van der Waals surface area contributed by atoms with E-state index in [0.29, 0.717) is 18.6 Å². The molecule has 1 aliphatic rings. The van der Waals surface area contributed by atoms with Crippen molar-refractivity contribution in [2.75, 3.05) is 6.61 Å². The molecule has 0 amide bonds. The van der Waals surface area contributed by atoms with Gasteiger partial charge >= 0.3 is 0 Å². The Hall–Kier alpha value is -3.30.